The van der Waals surface area contributed by atoms with E-state index in [9.17, 15) is 19.2 Å². The van der Waals surface area contributed by atoms with Crippen LogP contribution in [0, 0.1) is 0 Å². The molecule has 0 aromatic heterocycles. The van der Waals surface area contributed by atoms with Crippen LogP contribution in [0.5, 0.6) is 0 Å². The molecule has 1 aromatic carbocycles. The Balaban J connectivity index is 1.95. The van der Waals surface area contributed by atoms with Gasteiger partial charge in [0.1, 0.15) is 6.04 Å². The number of amides is 3. The quantitative estimate of drug-likeness (QED) is 0.496. The van der Waals surface area contributed by atoms with Gasteiger partial charge in [0.2, 0.25) is 17.7 Å². The first-order valence-electron chi connectivity index (χ1n) is 10.3. The van der Waals surface area contributed by atoms with Crippen molar-refractivity contribution in [1.29, 1.82) is 0 Å². The second-order valence-corrected chi connectivity index (χ2v) is 7.13. The van der Waals surface area contributed by atoms with Gasteiger partial charge in [-0.2, -0.15) is 0 Å². The minimum Gasteiger partial charge on any atom is -0.466 e. The van der Waals surface area contributed by atoms with E-state index in [1.54, 1.807) is 29.2 Å². The lowest BCUT2D eigenvalue weighted by molar-refractivity contribution is -0.148. The summed E-state index contributed by atoms with van der Waals surface area (Å²) in [4.78, 5) is 50.1. The van der Waals surface area contributed by atoms with Crippen molar-refractivity contribution in [3.63, 3.8) is 0 Å². The topological polar surface area (TPSA) is 117 Å². The van der Waals surface area contributed by atoms with Crippen LogP contribution in [0.25, 0.3) is 0 Å². The first-order chi connectivity index (χ1) is 14.4. The summed E-state index contributed by atoms with van der Waals surface area (Å²) in [5, 5.41) is 8.28. The van der Waals surface area contributed by atoms with Gasteiger partial charge in [0, 0.05) is 30.9 Å². The van der Waals surface area contributed by atoms with E-state index < -0.39 is 12.0 Å². The summed E-state index contributed by atoms with van der Waals surface area (Å²) in [5.41, 5.74) is 1.13. The van der Waals surface area contributed by atoms with Gasteiger partial charge in [-0.15, -0.1) is 0 Å². The molecule has 1 aliphatic rings. The molecule has 1 heterocycles. The Bertz CT molecular complexity index is 768. The Kier molecular flexibility index (Phi) is 9.27. The molecule has 9 heteroatoms. The summed E-state index contributed by atoms with van der Waals surface area (Å²) in [6, 6.07) is 6.13. The molecule has 2 rings (SSSR count). The van der Waals surface area contributed by atoms with E-state index in [2.05, 4.69) is 16.0 Å². The summed E-state index contributed by atoms with van der Waals surface area (Å²) in [6.07, 6.45) is 1.78. The fourth-order valence-corrected chi connectivity index (χ4v) is 3.12. The van der Waals surface area contributed by atoms with Crippen molar-refractivity contribution in [3.05, 3.63) is 24.3 Å². The maximum absolute atomic E-state index is 12.5. The van der Waals surface area contributed by atoms with E-state index in [4.69, 9.17) is 4.74 Å². The molecule has 0 spiro atoms. The van der Waals surface area contributed by atoms with Gasteiger partial charge in [-0.25, -0.2) is 0 Å². The van der Waals surface area contributed by atoms with E-state index in [0.29, 0.717) is 43.9 Å². The van der Waals surface area contributed by atoms with E-state index in [1.807, 2.05) is 13.8 Å². The molecule has 164 valence electrons. The highest BCUT2D eigenvalue weighted by Crippen LogP contribution is 2.16. The van der Waals surface area contributed by atoms with Crippen molar-refractivity contribution < 1.29 is 23.9 Å². The van der Waals surface area contributed by atoms with Crippen LogP contribution in [0.2, 0.25) is 0 Å². The van der Waals surface area contributed by atoms with Crippen LogP contribution in [0.3, 0.4) is 0 Å². The highest BCUT2D eigenvalue weighted by atomic mass is 16.5. The molecule has 3 amide bonds. The maximum atomic E-state index is 12.5. The summed E-state index contributed by atoms with van der Waals surface area (Å²) >= 11 is 0. The molecule has 1 saturated heterocycles. The predicted molar refractivity (Wildman–Crippen MR) is 113 cm³/mol. The molecule has 1 atom stereocenters. The number of esters is 1. The lowest BCUT2D eigenvalue weighted by Crippen LogP contribution is -2.57. The SMILES string of the molecule is CCCOC(=O)CC1C(=O)NCCN1CC(=O)Nc1cccc(NC(=O)CCC)c1. The molecule has 1 aromatic rings. The van der Waals surface area contributed by atoms with Gasteiger partial charge in [-0.3, -0.25) is 24.1 Å². The van der Waals surface area contributed by atoms with E-state index in [1.165, 1.54) is 0 Å². The van der Waals surface area contributed by atoms with Gasteiger partial charge in [-0.05, 0) is 31.0 Å². The number of rotatable bonds is 10. The molecular formula is C21H30N4O5. The van der Waals surface area contributed by atoms with Crippen molar-refractivity contribution in [2.75, 3.05) is 36.9 Å². The number of benzene rings is 1. The van der Waals surface area contributed by atoms with Crippen molar-refractivity contribution in [2.24, 2.45) is 0 Å². The molecule has 0 aliphatic carbocycles. The van der Waals surface area contributed by atoms with Crippen LogP contribution in [0.15, 0.2) is 24.3 Å². The minimum absolute atomic E-state index is 0.0361. The van der Waals surface area contributed by atoms with Crippen LogP contribution < -0.4 is 16.0 Å². The van der Waals surface area contributed by atoms with Gasteiger partial charge in [0.15, 0.2) is 0 Å². The first-order valence-corrected chi connectivity index (χ1v) is 10.3. The number of nitrogens with zero attached hydrogens (tertiary/aromatic N) is 1. The monoisotopic (exact) mass is 418 g/mol. The molecule has 3 N–H and O–H groups in total. The number of carbonyl (C=O) groups is 4. The normalized spacial score (nSPS) is 16.5. The smallest absolute Gasteiger partial charge is 0.307 e. The standard InChI is InChI=1S/C21H30N4O5/c1-3-6-18(26)23-15-7-5-8-16(12-15)24-19(27)14-25-10-9-22-21(29)17(25)13-20(28)30-11-4-2/h5,7-8,12,17H,3-4,6,9-11,13-14H2,1-2H3,(H,22,29)(H,23,26)(H,24,27). The second-order valence-electron chi connectivity index (χ2n) is 7.13. The van der Waals surface area contributed by atoms with Crippen LogP contribution in [0.4, 0.5) is 11.4 Å². The number of ether oxygens (including phenoxy) is 1. The van der Waals surface area contributed by atoms with Gasteiger partial charge in [0.25, 0.3) is 0 Å². The summed E-state index contributed by atoms with van der Waals surface area (Å²) in [6.45, 7) is 4.95. The average Bonchev–Trinajstić information content (AvgIpc) is 2.69. The number of carbonyl (C=O) groups excluding carboxylic acids is 4. The number of piperazine rings is 1. The van der Waals surface area contributed by atoms with Crippen LogP contribution in [-0.4, -0.2) is 60.9 Å². The number of anilines is 2. The second kappa shape index (κ2) is 11.9. The molecular weight excluding hydrogens is 388 g/mol. The van der Waals surface area contributed by atoms with Crippen LogP contribution >= 0.6 is 0 Å². The summed E-state index contributed by atoms with van der Waals surface area (Å²) in [7, 11) is 0. The first kappa shape index (κ1) is 23.3. The highest BCUT2D eigenvalue weighted by Gasteiger charge is 2.33. The molecule has 1 fully saturated rings. The maximum Gasteiger partial charge on any atom is 0.307 e. The third kappa shape index (κ3) is 7.47. The molecule has 0 saturated carbocycles. The molecule has 9 nitrogen and oxygen atoms in total. The van der Waals surface area contributed by atoms with Crippen LogP contribution in [0.1, 0.15) is 39.5 Å². The van der Waals surface area contributed by atoms with E-state index in [-0.39, 0.29) is 30.7 Å². The predicted octanol–water partition coefficient (Wildman–Crippen LogP) is 1.51. The number of hydrogen-bond acceptors (Lipinski definition) is 6. The molecule has 0 radical (unpaired) electrons. The number of nitrogens with one attached hydrogen (secondary N) is 3. The summed E-state index contributed by atoms with van der Waals surface area (Å²) in [5.74, 6) is -1.14. The molecule has 30 heavy (non-hydrogen) atoms. The highest BCUT2D eigenvalue weighted by molar-refractivity contribution is 5.95. The zero-order chi connectivity index (χ0) is 21.9. The Hall–Kier alpha value is -2.94. The van der Waals surface area contributed by atoms with Gasteiger partial charge >= 0.3 is 5.97 Å². The van der Waals surface area contributed by atoms with Crippen molar-refractivity contribution in [2.45, 2.75) is 45.6 Å². The largest absolute Gasteiger partial charge is 0.466 e. The van der Waals surface area contributed by atoms with Gasteiger partial charge in [-0.1, -0.05) is 19.9 Å². The summed E-state index contributed by atoms with van der Waals surface area (Å²) < 4.78 is 5.07. The third-order valence-corrected chi connectivity index (χ3v) is 4.52. The molecule has 1 aliphatic heterocycles. The van der Waals surface area contributed by atoms with Crippen molar-refractivity contribution in [1.82, 2.24) is 10.2 Å². The van der Waals surface area contributed by atoms with Gasteiger partial charge in [0.05, 0.1) is 19.6 Å². The lowest BCUT2D eigenvalue weighted by atomic mass is 10.1. The Morgan fingerprint density at radius 2 is 1.83 bits per heavy atom. The minimum atomic E-state index is -0.742. The Labute approximate surface area is 176 Å². The fourth-order valence-electron chi connectivity index (χ4n) is 3.12. The molecule has 0 bridgehead atoms. The third-order valence-electron chi connectivity index (χ3n) is 4.52. The van der Waals surface area contributed by atoms with E-state index in [0.717, 1.165) is 6.42 Å². The van der Waals surface area contributed by atoms with Gasteiger partial charge < -0.3 is 20.7 Å². The fraction of sp³-hybridized carbons (Fsp3) is 0.524. The molecule has 1 unspecified atom stereocenters. The van der Waals surface area contributed by atoms with Crippen molar-refractivity contribution in [3.8, 4) is 0 Å². The number of hydrogen-bond donors (Lipinski definition) is 3. The zero-order valence-corrected chi connectivity index (χ0v) is 17.5. The van der Waals surface area contributed by atoms with Crippen LogP contribution in [-0.2, 0) is 23.9 Å². The Morgan fingerprint density at radius 1 is 1.13 bits per heavy atom. The zero-order valence-electron chi connectivity index (χ0n) is 17.5. The Morgan fingerprint density at radius 3 is 2.50 bits per heavy atom. The average molecular weight is 418 g/mol. The van der Waals surface area contributed by atoms with E-state index >= 15 is 0 Å². The lowest BCUT2D eigenvalue weighted by Gasteiger charge is -2.33. The van der Waals surface area contributed by atoms with Crippen molar-refractivity contribution >= 4 is 35.1 Å².